The van der Waals surface area contributed by atoms with Gasteiger partial charge < -0.3 is 34.2 Å². The van der Waals surface area contributed by atoms with E-state index in [0.717, 1.165) is 42.5 Å². The van der Waals surface area contributed by atoms with Gasteiger partial charge in [0.25, 0.3) is 5.69 Å². The third-order valence-corrected chi connectivity index (χ3v) is 11.0. The number of amides is 1. The van der Waals surface area contributed by atoms with Crippen LogP contribution in [0.25, 0.3) is 6.08 Å². The minimum atomic E-state index is -1.37. The number of nitro groups is 1. The molecular formula is C44H57N3O9. The lowest BCUT2D eigenvalue weighted by molar-refractivity contribution is -0.384. The molecule has 3 aliphatic rings. The molecule has 12 nitrogen and oxygen atoms in total. The summed E-state index contributed by atoms with van der Waals surface area (Å²) in [4.78, 5) is 32.9. The van der Waals surface area contributed by atoms with E-state index >= 15 is 0 Å². The van der Waals surface area contributed by atoms with Crippen molar-refractivity contribution >= 4 is 23.4 Å². The number of nitro benzene ring substituents is 1. The lowest BCUT2D eigenvalue weighted by Gasteiger charge is -2.60. The van der Waals surface area contributed by atoms with Crippen LogP contribution in [0.2, 0.25) is 0 Å². The van der Waals surface area contributed by atoms with Crippen LogP contribution in [0.4, 0.5) is 5.69 Å². The molecule has 12 heteroatoms. The molecule has 1 saturated carbocycles. The van der Waals surface area contributed by atoms with Crippen molar-refractivity contribution in [3.05, 3.63) is 107 Å². The van der Waals surface area contributed by atoms with Crippen LogP contribution in [-0.2, 0) is 14.4 Å². The standard InChI is InChI=1S/C44H57N3O9/c1-5-23-46(41(50)22-17-31-15-18-33(19-16-31)47(51)52)40-30-38(45-55-8-4)36-28-32(13-9-11-24-48)35(14-10-12-25-49)42-37-29-34(53-26-6-2)20-21-39(37)56-44(40,43(36)42)54-27-7-3/h6-7,15-22,28-29,32,35,40,42-43,48-49H,2-3,5,8-14,23-27,30H2,1,4H3. The van der Waals surface area contributed by atoms with Crippen molar-refractivity contribution < 1.29 is 39.0 Å². The van der Waals surface area contributed by atoms with Crippen molar-refractivity contribution in [2.45, 2.75) is 83.0 Å². The highest BCUT2D eigenvalue weighted by Crippen LogP contribution is 2.62. The first kappa shape index (κ1) is 42.4. The quantitative estimate of drug-likeness (QED) is 0.0402. The maximum absolute atomic E-state index is 14.5. The lowest BCUT2D eigenvalue weighted by atomic mass is 9.55. The SMILES string of the molecule is C=CCOc1ccc2c(c1)C1C(CCCCO)C(CCCCO)C=C3C(=NOCC)CC(N(CCC)C(=O)C=Cc4ccc([N+](=O)[O-])cc4)C(OCC=C)(O2)C31. The number of rotatable bonds is 22. The van der Waals surface area contributed by atoms with Gasteiger partial charge >= 0.3 is 0 Å². The molecule has 2 aromatic carbocycles. The number of nitrogens with zero attached hydrogens (tertiary/aromatic N) is 3. The van der Waals surface area contributed by atoms with Gasteiger partial charge in [-0.2, -0.15) is 0 Å². The zero-order chi connectivity index (χ0) is 40.1. The van der Waals surface area contributed by atoms with E-state index in [0.29, 0.717) is 56.1 Å². The molecule has 1 fully saturated rings. The summed E-state index contributed by atoms with van der Waals surface area (Å²) in [5.41, 5.74) is 3.28. The molecule has 6 atom stereocenters. The van der Waals surface area contributed by atoms with Gasteiger partial charge in [0.15, 0.2) is 0 Å². The van der Waals surface area contributed by atoms with Gasteiger partial charge in [-0.15, -0.1) is 6.58 Å². The Morgan fingerprint density at radius 1 is 1.05 bits per heavy atom. The molecule has 1 heterocycles. The van der Waals surface area contributed by atoms with E-state index in [4.69, 9.17) is 24.2 Å². The molecular weight excluding hydrogens is 714 g/mol. The minimum absolute atomic E-state index is 0.0315. The summed E-state index contributed by atoms with van der Waals surface area (Å²) in [6.45, 7) is 13.2. The number of aliphatic hydroxyl groups is 2. The van der Waals surface area contributed by atoms with E-state index in [9.17, 15) is 25.1 Å². The number of hydrogen-bond acceptors (Lipinski definition) is 10. The van der Waals surface area contributed by atoms with Gasteiger partial charge in [-0.1, -0.05) is 49.7 Å². The fraction of sp³-hybridized carbons (Fsp3) is 0.500. The number of non-ortho nitro benzene ring substituents is 1. The highest BCUT2D eigenvalue weighted by atomic mass is 16.7. The average molecular weight is 772 g/mol. The van der Waals surface area contributed by atoms with Crippen molar-refractivity contribution in [2.24, 2.45) is 22.9 Å². The third-order valence-electron chi connectivity index (χ3n) is 11.0. The smallest absolute Gasteiger partial charge is 0.269 e. The van der Waals surface area contributed by atoms with E-state index in [1.165, 1.54) is 18.2 Å². The number of fused-ring (bicyclic) bond motifs is 2. The molecule has 0 saturated heterocycles. The van der Waals surface area contributed by atoms with Crippen molar-refractivity contribution in [3.8, 4) is 11.5 Å². The lowest BCUT2D eigenvalue weighted by Crippen LogP contribution is -2.70. The number of allylic oxidation sites excluding steroid dienone is 1. The summed E-state index contributed by atoms with van der Waals surface area (Å²) in [6, 6.07) is 11.2. The number of carbonyl (C=O) groups is 1. The van der Waals surface area contributed by atoms with Gasteiger partial charge in [0.05, 0.1) is 23.2 Å². The number of oxime groups is 1. The Morgan fingerprint density at radius 3 is 2.45 bits per heavy atom. The molecule has 2 aromatic rings. The van der Waals surface area contributed by atoms with Crippen molar-refractivity contribution in [3.63, 3.8) is 0 Å². The predicted molar refractivity (Wildman–Crippen MR) is 216 cm³/mol. The number of ether oxygens (including phenoxy) is 3. The van der Waals surface area contributed by atoms with E-state index in [1.807, 2.05) is 26.0 Å². The molecule has 2 N–H and O–H groups in total. The first-order chi connectivity index (χ1) is 27.3. The van der Waals surface area contributed by atoms with Crippen molar-refractivity contribution in [1.82, 2.24) is 4.90 Å². The molecule has 0 radical (unpaired) electrons. The van der Waals surface area contributed by atoms with Gasteiger partial charge in [-0.05, 0) is 98.4 Å². The number of benzene rings is 2. The average Bonchev–Trinajstić information content (AvgIpc) is 3.21. The molecule has 0 bridgehead atoms. The summed E-state index contributed by atoms with van der Waals surface area (Å²) in [6.07, 6.45) is 14.5. The Labute approximate surface area is 330 Å². The first-order valence-electron chi connectivity index (χ1n) is 19.9. The van der Waals surface area contributed by atoms with Crippen LogP contribution in [-0.4, -0.2) is 83.1 Å². The highest BCUT2D eigenvalue weighted by Gasteiger charge is 2.65. The fourth-order valence-corrected chi connectivity index (χ4v) is 8.67. The number of unbranched alkanes of at least 4 members (excludes halogenated alkanes) is 2. The zero-order valence-electron chi connectivity index (χ0n) is 32.7. The van der Waals surface area contributed by atoms with Crippen LogP contribution in [0.3, 0.4) is 0 Å². The van der Waals surface area contributed by atoms with E-state index in [2.05, 4.69) is 25.3 Å². The first-order valence-corrected chi connectivity index (χ1v) is 19.9. The second-order valence-corrected chi connectivity index (χ2v) is 14.5. The van der Waals surface area contributed by atoms with Crippen molar-refractivity contribution in [2.75, 3.05) is 39.6 Å². The predicted octanol–water partition coefficient (Wildman–Crippen LogP) is 7.77. The molecule has 1 aliphatic heterocycles. The molecule has 2 aliphatic carbocycles. The van der Waals surface area contributed by atoms with Crippen LogP contribution in [0, 0.1) is 27.9 Å². The molecule has 302 valence electrons. The minimum Gasteiger partial charge on any atom is -0.490 e. The van der Waals surface area contributed by atoms with Crippen molar-refractivity contribution in [1.29, 1.82) is 0 Å². The third kappa shape index (κ3) is 9.42. The van der Waals surface area contributed by atoms with Gasteiger partial charge in [-0.25, -0.2) is 0 Å². The van der Waals surface area contributed by atoms with Gasteiger partial charge in [-0.3, -0.25) is 14.9 Å². The summed E-state index contributed by atoms with van der Waals surface area (Å²) in [5.74, 6) is -0.714. The topological polar surface area (TPSA) is 153 Å². The molecule has 6 unspecified atom stereocenters. The normalized spacial score (nSPS) is 24.4. The molecule has 0 spiro atoms. The largest absolute Gasteiger partial charge is 0.490 e. The summed E-state index contributed by atoms with van der Waals surface area (Å²) in [5, 5.41) is 35.6. The fourth-order valence-electron chi connectivity index (χ4n) is 8.67. The van der Waals surface area contributed by atoms with Crippen LogP contribution in [0.15, 0.2) is 90.7 Å². The Bertz CT molecular complexity index is 1760. The maximum atomic E-state index is 14.5. The Kier molecular flexibility index (Phi) is 15.4. The van der Waals surface area contributed by atoms with Crippen LogP contribution >= 0.6 is 0 Å². The van der Waals surface area contributed by atoms with Crippen LogP contribution in [0.1, 0.15) is 82.3 Å². The maximum Gasteiger partial charge on any atom is 0.269 e. The monoisotopic (exact) mass is 771 g/mol. The zero-order valence-corrected chi connectivity index (χ0v) is 32.7. The van der Waals surface area contributed by atoms with Gasteiger partial charge in [0, 0.05) is 55.9 Å². The van der Waals surface area contributed by atoms with E-state index in [1.54, 1.807) is 35.3 Å². The molecule has 56 heavy (non-hydrogen) atoms. The van der Waals surface area contributed by atoms with Gasteiger partial charge in [0.2, 0.25) is 11.7 Å². The van der Waals surface area contributed by atoms with Crippen LogP contribution < -0.4 is 9.47 Å². The molecule has 0 aromatic heterocycles. The highest BCUT2D eigenvalue weighted by molar-refractivity contribution is 6.03. The Morgan fingerprint density at radius 2 is 1.79 bits per heavy atom. The number of carbonyl (C=O) groups excluding carboxylic acids is 1. The van der Waals surface area contributed by atoms with E-state index in [-0.39, 0.29) is 55.6 Å². The van der Waals surface area contributed by atoms with Crippen LogP contribution in [0.5, 0.6) is 11.5 Å². The summed E-state index contributed by atoms with van der Waals surface area (Å²) >= 11 is 0. The second-order valence-electron chi connectivity index (χ2n) is 14.5. The summed E-state index contributed by atoms with van der Waals surface area (Å²) < 4.78 is 20.3. The molecule has 5 rings (SSSR count). The summed E-state index contributed by atoms with van der Waals surface area (Å²) in [7, 11) is 0. The Hall–Kier alpha value is -4.78. The number of aliphatic hydroxyl groups excluding tert-OH is 2. The number of hydrogen-bond donors (Lipinski definition) is 2. The Balaban J connectivity index is 1.73. The second kappa shape index (κ2) is 20.4. The van der Waals surface area contributed by atoms with Gasteiger partial charge in [0.1, 0.15) is 30.8 Å². The molecule has 1 amide bonds. The van der Waals surface area contributed by atoms with E-state index < -0.39 is 22.7 Å².